The number of nitrogens with one attached hydrogen (secondary N) is 3. The van der Waals surface area contributed by atoms with Crippen LogP contribution < -0.4 is 20.7 Å². The van der Waals surface area contributed by atoms with Gasteiger partial charge >= 0.3 is 6.36 Å². The van der Waals surface area contributed by atoms with Gasteiger partial charge in [-0.05, 0) is 56.3 Å². The van der Waals surface area contributed by atoms with E-state index in [0.29, 0.717) is 30.0 Å². The number of nitrogens with zero attached hydrogens (tertiary/aromatic N) is 2. The fourth-order valence-corrected chi connectivity index (χ4v) is 4.31. The molecule has 0 unspecified atom stereocenters. The molecule has 33 heavy (non-hydrogen) atoms. The Labute approximate surface area is 191 Å². The lowest BCUT2D eigenvalue weighted by Gasteiger charge is -2.29. The second-order valence-corrected chi connectivity index (χ2v) is 8.31. The van der Waals surface area contributed by atoms with Gasteiger partial charge in [-0.25, -0.2) is 4.98 Å². The lowest BCUT2D eigenvalue weighted by Crippen LogP contribution is -2.31. The molecule has 176 valence electrons. The summed E-state index contributed by atoms with van der Waals surface area (Å²) in [5, 5.41) is 10.9. The zero-order valence-electron chi connectivity index (χ0n) is 18.5. The first-order chi connectivity index (χ1) is 15.9. The van der Waals surface area contributed by atoms with Gasteiger partial charge in [-0.3, -0.25) is 0 Å². The van der Waals surface area contributed by atoms with Crippen LogP contribution in [0.15, 0.2) is 48.5 Å². The Bertz CT molecular complexity index is 1070. The Balaban J connectivity index is 1.26. The topological polar surface area (TPSA) is 71.1 Å². The Morgan fingerprint density at radius 1 is 0.970 bits per heavy atom. The Hall–Kier alpha value is -3.07. The van der Waals surface area contributed by atoms with Crippen molar-refractivity contribution in [2.24, 2.45) is 5.92 Å². The van der Waals surface area contributed by atoms with Gasteiger partial charge in [-0.2, -0.15) is 4.98 Å². The van der Waals surface area contributed by atoms with Crippen LogP contribution in [0.3, 0.4) is 0 Å². The SMILES string of the molecule is CNc1nc(NC2CCC(CNCc3ccccc3OC(F)(F)F)CC2)nc2ccccc12. The first kappa shape index (κ1) is 23.1. The quantitative estimate of drug-likeness (QED) is 0.423. The van der Waals surface area contributed by atoms with Crippen LogP contribution in [0.1, 0.15) is 31.2 Å². The second-order valence-electron chi connectivity index (χ2n) is 8.31. The predicted octanol–water partition coefficient (Wildman–Crippen LogP) is 5.33. The maximum absolute atomic E-state index is 12.6. The minimum absolute atomic E-state index is 0.151. The fraction of sp³-hybridized carbons (Fsp3) is 0.417. The minimum atomic E-state index is -4.69. The van der Waals surface area contributed by atoms with E-state index in [0.717, 1.165) is 48.9 Å². The zero-order valence-corrected chi connectivity index (χ0v) is 18.5. The monoisotopic (exact) mass is 459 g/mol. The van der Waals surface area contributed by atoms with Gasteiger partial charge in [0.25, 0.3) is 0 Å². The first-order valence-corrected chi connectivity index (χ1v) is 11.2. The molecule has 9 heteroatoms. The highest BCUT2D eigenvalue weighted by molar-refractivity contribution is 5.89. The summed E-state index contributed by atoms with van der Waals surface area (Å²) in [5.74, 6) is 1.75. The predicted molar refractivity (Wildman–Crippen MR) is 123 cm³/mol. The molecule has 3 aromatic rings. The number of hydrogen-bond donors (Lipinski definition) is 3. The van der Waals surface area contributed by atoms with Crippen LogP contribution >= 0.6 is 0 Å². The van der Waals surface area contributed by atoms with Gasteiger partial charge in [0, 0.05) is 30.6 Å². The number of rotatable bonds is 8. The van der Waals surface area contributed by atoms with Gasteiger partial charge in [-0.1, -0.05) is 30.3 Å². The summed E-state index contributed by atoms with van der Waals surface area (Å²) in [6.45, 7) is 1.09. The maximum atomic E-state index is 12.6. The Kier molecular flexibility index (Phi) is 7.17. The fourth-order valence-electron chi connectivity index (χ4n) is 4.31. The molecule has 1 aliphatic rings. The van der Waals surface area contributed by atoms with Gasteiger partial charge < -0.3 is 20.7 Å². The molecule has 1 fully saturated rings. The minimum Gasteiger partial charge on any atom is -0.405 e. The number of benzene rings is 2. The molecule has 0 atom stereocenters. The van der Waals surface area contributed by atoms with Crippen LogP contribution in [0.25, 0.3) is 10.9 Å². The van der Waals surface area contributed by atoms with E-state index in [1.807, 2.05) is 31.3 Å². The number of anilines is 2. The summed E-state index contributed by atoms with van der Waals surface area (Å²) in [4.78, 5) is 9.26. The van der Waals surface area contributed by atoms with Crippen LogP contribution in [0.5, 0.6) is 5.75 Å². The first-order valence-electron chi connectivity index (χ1n) is 11.2. The maximum Gasteiger partial charge on any atom is 0.573 e. The Morgan fingerprint density at radius 3 is 2.45 bits per heavy atom. The lowest BCUT2D eigenvalue weighted by atomic mass is 9.86. The average Bonchev–Trinajstić information content (AvgIpc) is 2.80. The molecule has 1 saturated carbocycles. The standard InChI is InChI=1S/C24H28F3N5O/c1-28-22-19-7-3-4-8-20(19)31-23(32-22)30-18-12-10-16(11-13-18)14-29-15-17-6-2-5-9-21(17)33-24(25,26)27/h2-9,16,18,29H,10-15H2,1H3,(H2,28,30,31,32). The van der Waals surface area contributed by atoms with Crippen molar-refractivity contribution in [3.05, 3.63) is 54.1 Å². The highest BCUT2D eigenvalue weighted by Crippen LogP contribution is 2.29. The number of aromatic nitrogens is 2. The van der Waals surface area contributed by atoms with Gasteiger partial charge in [0.05, 0.1) is 5.52 Å². The molecule has 0 radical (unpaired) electrons. The van der Waals surface area contributed by atoms with Crippen LogP contribution in [-0.2, 0) is 6.54 Å². The van der Waals surface area contributed by atoms with Crippen molar-refractivity contribution in [3.8, 4) is 5.75 Å². The third-order valence-corrected chi connectivity index (χ3v) is 5.97. The lowest BCUT2D eigenvalue weighted by molar-refractivity contribution is -0.274. The smallest absolute Gasteiger partial charge is 0.405 e. The molecular weight excluding hydrogens is 431 g/mol. The summed E-state index contributed by atoms with van der Waals surface area (Å²) in [5.41, 5.74) is 1.39. The number of para-hydroxylation sites is 2. The van der Waals surface area contributed by atoms with Crippen LogP contribution in [0, 0.1) is 5.92 Å². The molecule has 1 heterocycles. The third-order valence-electron chi connectivity index (χ3n) is 5.97. The summed E-state index contributed by atoms with van der Waals surface area (Å²) >= 11 is 0. The molecule has 0 amide bonds. The molecule has 0 saturated heterocycles. The number of halogens is 3. The summed E-state index contributed by atoms with van der Waals surface area (Å²) < 4.78 is 41.9. The molecule has 2 aromatic carbocycles. The van der Waals surface area contributed by atoms with Gasteiger partial charge in [0.1, 0.15) is 11.6 Å². The van der Waals surface area contributed by atoms with Gasteiger partial charge in [0.2, 0.25) is 5.95 Å². The van der Waals surface area contributed by atoms with Crippen molar-refractivity contribution in [1.82, 2.24) is 15.3 Å². The van der Waals surface area contributed by atoms with E-state index in [4.69, 9.17) is 0 Å². The molecule has 3 N–H and O–H groups in total. The van der Waals surface area contributed by atoms with E-state index in [1.165, 1.54) is 12.1 Å². The number of alkyl halides is 3. The van der Waals surface area contributed by atoms with Crippen molar-refractivity contribution in [2.45, 2.75) is 44.6 Å². The van der Waals surface area contributed by atoms with Crippen molar-refractivity contribution in [1.29, 1.82) is 0 Å². The summed E-state index contributed by atoms with van der Waals surface area (Å²) in [6.07, 6.45) is -0.657. The molecule has 0 bridgehead atoms. The van der Waals surface area contributed by atoms with Gasteiger partial charge in [0.15, 0.2) is 0 Å². The highest BCUT2D eigenvalue weighted by atomic mass is 19.4. The molecule has 0 aliphatic heterocycles. The molecule has 1 aromatic heterocycles. The third kappa shape index (κ3) is 6.25. The summed E-state index contributed by atoms with van der Waals surface area (Å²) in [6, 6.07) is 14.5. The van der Waals surface area contributed by atoms with Crippen LogP contribution in [0.4, 0.5) is 24.9 Å². The van der Waals surface area contributed by atoms with Crippen molar-refractivity contribution in [2.75, 3.05) is 24.2 Å². The molecular formula is C24H28F3N5O. The average molecular weight is 460 g/mol. The highest BCUT2D eigenvalue weighted by Gasteiger charge is 2.32. The van der Waals surface area contributed by atoms with E-state index in [9.17, 15) is 13.2 Å². The number of fused-ring (bicyclic) bond motifs is 1. The van der Waals surface area contributed by atoms with Crippen LogP contribution in [-0.4, -0.2) is 36.0 Å². The Morgan fingerprint density at radius 2 is 1.70 bits per heavy atom. The van der Waals surface area contributed by atoms with Crippen LogP contribution in [0.2, 0.25) is 0 Å². The van der Waals surface area contributed by atoms with E-state index in [-0.39, 0.29) is 5.75 Å². The largest absolute Gasteiger partial charge is 0.573 e. The van der Waals surface area contributed by atoms with E-state index < -0.39 is 6.36 Å². The number of hydrogen-bond acceptors (Lipinski definition) is 6. The van der Waals surface area contributed by atoms with Crippen molar-refractivity contribution in [3.63, 3.8) is 0 Å². The zero-order chi connectivity index (χ0) is 23.3. The number of ether oxygens (including phenoxy) is 1. The van der Waals surface area contributed by atoms with Gasteiger partial charge in [-0.15, -0.1) is 13.2 Å². The normalized spacial score (nSPS) is 18.8. The van der Waals surface area contributed by atoms with Crippen molar-refractivity contribution >= 4 is 22.7 Å². The molecule has 1 aliphatic carbocycles. The summed E-state index contributed by atoms with van der Waals surface area (Å²) in [7, 11) is 1.85. The van der Waals surface area contributed by atoms with Crippen molar-refractivity contribution < 1.29 is 17.9 Å². The van der Waals surface area contributed by atoms with E-state index in [2.05, 4.69) is 30.7 Å². The van der Waals surface area contributed by atoms with E-state index >= 15 is 0 Å². The molecule has 6 nitrogen and oxygen atoms in total. The van der Waals surface area contributed by atoms with E-state index in [1.54, 1.807) is 12.1 Å². The molecule has 4 rings (SSSR count). The second kappa shape index (κ2) is 10.2. The molecule has 0 spiro atoms.